The second-order valence-electron chi connectivity index (χ2n) is 7.81. The van der Waals surface area contributed by atoms with Crippen molar-refractivity contribution in [1.82, 2.24) is 14.4 Å². The molecule has 0 spiro atoms. The number of amides is 3. The average Bonchev–Trinajstić information content (AvgIpc) is 3.19. The number of benzene rings is 1. The van der Waals surface area contributed by atoms with Crippen LogP contribution >= 0.6 is 0 Å². The number of anilines is 1. The molecule has 0 saturated heterocycles. The molecule has 0 radical (unpaired) electrons. The Kier molecular flexibility index (Phi) is 10.8. The first-order chi connectivity index (χ1) is 15.8. The molecule has 0 unspecified atom stereocenters. The van der Waals surface area contributed by atoms with Gasteiger partial charge in [-0.1, -0.05) is 13.3 Å². The smallest absolute Gasteiger partial charge is 0.322 e. The highest BCUT2D eigenvalue weighted by atomic mass is 19.1. The Bertz CT molecular complexity index is 904. The van der Waals surface area contributed by atoms with Gasteiger partial charge >= 0.3 is 6.03 Å². The van der Waals surface area contributed by atoms with Gasteiger partial charge in [-0.2, -0.15) is 0 Å². The van der Waals surface area contributed by atoms with Gasteiger partial charge in [0.05, 0.1) is 12.2 Å². The quantitative estimate of drug-likeness (QED) is 0.447. The van der Waals surface area contributed by atoms with Gasteiger partial charge in [0, 0.05) is 51.3 Å². The Hall–Kier alpha value is -2.94. The van der Waals surface area contributed by atoms with E-state index in [1.165, 1.54) is 4.90 Å². The van der Waals surface area contributed by atoms with E-state index in [1.807, 2.05) is 36.9 Å². The Balaban J connectivity index is 2.13. The Labute approximate surface area is 194 Å². The fourth-order valence-electron chi connectivity index (χ4n) is 3.30. The third-order valence-corrected chi connectivity index (χ3v) is 5.25. The van der Waals surface area contributed by atoms with E-state index in [0.717, 1.165) is 30.7 Å². The predicted octanol–water partition coefficient (Wildman–Crippen LogP) is 4.39. The fraction of sp³-hybridized carbons (Fsp3) is 0.500. The van der Waals surface area contributed by atoms with Crippen molar-refractivity contribution in [3.8, 4) is 0 Å². The van der Waals surface area contributed by atoms with Crippen LogP contribution in [0.3, 0.4) is 0 Å². The van der Waals surface area contributed by atoms with Crippen LogP contribution in [0.25, 0.3) is 0 Å². The summed E-state index contributed by atoms with van der Waals surface area (Å²) in [6.07, 6.45) is 4.21. The minimum absolute atomic E-state index is 0.143. The summed E-state index contributed by atoms with van der Waals surface area (Å²) in [5, 5.41) is 2.45. The van der Waals surface area contributed by atoms with Crippen molar-refractivity contribution in [2.45, 2.75) is 39.7 Å². The molecule has 2 rings (SSSR count). The van der Waals surface area contributed by atoms with Gasteiger partial charge in [0.1, 0.15) is 18.2 Å². The molecule has 0 fully saturated rings. The number of hydrogen-bond acceptors (Lipinski definition) is 3. The number of hydrogen-bond donors (Lipinski definition) is 1. The largest absolute Gasteiger partial charge is 0.382 e. The second kappa shape index (κ2) is 13.6. The van der Waals surface area contributed by atoms with Crippen LogP contribution in [0.4, 0.5) is 19.3 Å². The molecule has 9 heteroatoms. The topological polar surface area (TPSA) is 66.8 Å². The SMILES string of the molecule is CCCCN(Cc1cccn1C)C(=O)CN(CCCOCC)C(=O)Nc1ccc(F)cc1F. The molecule has 33 heavy (non-hydrogen) atoms. The maximum absolute atomic E-state index is 14.0. The Morgan fingerprint density at radius 3 is 2.48 bits per heavy atom. The standard InChI is InChI=1S/C24H34F2N4O3/c1-4-6-13-29(17-20-9-7-12-28(20)3)23(31)18-30(14-8-15-33-5-2)24(32)27-22-11-10-19(25)16-21(22)26/h7,9-12,16H,4-6,8,13-15,17-18H2,1-3H3,(H,27,32). The highest BCUT2D eigenvalue weighted by molar-refractivity contribution is 5.92. The molecule has 1 heterocycles. The number of halogens is 2. The molecule has 0 aliphatic rings. The van der Waals surface area contributed by atoms with Gasteiger partial charge in [0.15, 0.2) is 0 Å². The third kappa shape index (κ3) is 8.49. The van der Waals surface area contributed by atoms with Gasteiger partial charge in [-0.3, -0.25) is 4.79 Å². The summed E-state index contributed by atoms with van der Waals surface area (Å²) in [5.41, 5.74) is 0.843. The molecule has 0 aliphatic carbocycles. The molecule has 1 aromatic heterocycles. The lowest BCUT2D eigenvalue weighted by atomic mass is 10.2. The molecule has 182 valence electrons. The van der Waals surface area contributed by atoms with Crippen LogP contribution in [-0.4, -0.2) is 59.2 Å². The van der Waals surface area contributed by atoms with Crippen LogP contribution in [0.15, 0.2) is 36.5 Å². The molecule has 1 N–H and O–H groups in total. The maximum atomic E-state index is 14.0. The Morgan fingerprint density at radius 1 is 1.09 bits per heavy atom. The fourth-order valence-corrected chi connectivity index (χ4v) is 3.30. The summed E-state index contributed by atoms with van der Waals surface area (Å²) < 4.78 is 34.5. The van der Waals surface area contributed by atoms with Crippen molar-refractivity contribution in [1.29, 1.82) is 0 Å². The molecule has 1 aromatic carbocycles. The first-order valence-electron chi connectivity index (χ1n) is 11.3. The van der Waals surface area contributed by atoms with Crippen molar-refractivity contribution in [2.75, 3.05) is 38.2 Å². The van der Waals surface area contributed by atoms with E-state index >= 15 is 0 Å². The number of aromatic nitrogens is 1. The first kappa shape index (κ1) is 26.3. The zero-order chi connectivity index (χ0) is 24.2. The van der Waals surface area contributed by atoms with E-state index < -0.39 is 17.7 Å². The summed E-state index contributed by atoms with van der Waals surface area (Å²) in [6, 6.07) is 6.17. The van der Waals surface area contributed by atoms with Crippen LogP contribution in [0.5, 0.6) is 0 Å². The van der Waals surface area contributed by atoms with Crippen molar-refractivity contribution in [3.63, 3.8) is 0 Å². The van der Waals surface area contributed by atoms with Crippen molar-refractivity contribution < 1.29 is 23.1 Å². The van der Waals surface area contributed by atoms with E-state index in [-0.39, 0.29) is 24.7 Å². The monoisotopic (exact) mass is 464 g/mol. The first-order valence-corrected chi connectivity index (χ1v) is 11.3. The number of unbranched alkanes of at least 4 members (excludes halogenated alkanes) is 1. The minimum Gasteiger partial charge on any atom is -0.382 e. The number of nitrogens with one attached hydrogen (secondary N) is 1. The Morgan fingerprint density at radius 2 is 1.85 bits per heavy atom. The van der Waals surface area contributed by atoms with E-state index in [4.69, 9.17) is 4.74 Å². The third-order valence-electron chi connectivity index (χ3n) is 5.25. The second-order valence-corrected chi connectivity index (χ2v) is 7.81. The lowest BCUT2D eigenvalue weighted by molar-refractivity contribution is -0.132. The molecule has 0 saturated carbocycles. The number of aryl methyl sites for hydroxylation is 1. The molecule has 0 bridgehead atoms. The van der Waals surface area contributed by atoms with Gasteiger partial charge in [0.25, 0.3) is 0 Å². The number of urea groups is 1. The van der Waals surface area contributed by atoms with Gasteiger partial charge in [0.2, 0.25) is 5.91 Å². The number of nitrogens with zero attached hydrogens (tertiary/aromatic N) is 3. The molecular weight excluding hydrogens is 430 g/mol. The predicted molar refractivity (Wildman–Crippen MR) is 124 cm³/mol. The number of ether oxygens (including phenoxy) is 1. The molecule has 3 amide bonds. The highest BCUT2D eigenvalue weighted by Gasteiger charge is 2.22. The van der Waals surface area contributed by atoms with E-state index in [9.17, 15) is 18.4 Å². The zero-order valence-corrected chi connectivity index (χ0v) is 19.7. The van der Waals surface area contributed by atoms with Gasteiger partial charge in [-0.05, 0) is 44.0 Å². The number of rotatable bonds is 13. The summed E-state index contributed by atoms with van der Waals surface area (Å²) in [5.74, 6) is -1.81. The van der Waals surface area contributed by atoms with E-state index in [2.05, 4.69) is 12.2 Å². The van der Waals surface area contributed by atoms with Gasteiger partial charge in [-0.15, -0.1) is 0 Å². The lowest BCUT2D eigenvalue weighted by Gasteiger charge is -2.28. The van der Waals surface area contributed by atoms with Crippen molar-refractivity contribution in [2.24, 2.45) is 7.05 Å². The molecule has 7 nitrogen and oxygen atoms in total. The summed E-state index contributed by atoms with van der Waals surface area (Å²) in [7, 11) is 1.92. The van der Waals surface area contributed by atoms with Crippen LogP contribution in [0, 0.1) is 11.6 Å². The highest BCUT2D eigenvalue weighted by Crippen LogP contribution is 2.16. The summed E-state index contributed by atoms with van der Waals surface area (Å²) >= 11 is 0. The molecule has 2 aromatic rings. The molecular formula is C24H34F2N4O3. The van der Waals surface area contributed by atoms with Crippen molar-refractivity contribution >= 4 is 17.6 Å². The van der Waals surface area contributed by atoms with Crippen LogP contribution in [-0.2, 0) is 23.1 Å². The molecule has 0 aliphatic heterocycles. The normalized spacial score (nSPS) is 10.8. The van der Waals surface area contributed by atoms with E-state index in [0.29, 0.717) is 38.8 Å². The zero-order valence-electron chi connectivity index (χ0n) is 19.7. The van der Waals surface area contributed by atoms with Crippen LogP contribution in [0.1, 0.15) is 38.8 Å². The maximum Gasteiger partial charge on any atom is 0.322 e. The number of carbonyl (C=O) groups excluding carboxylic acids is 2. The van der Waals surface area contributed by atoms with Gasteiger partial charge in [-0.25, -0.2) is 13.6 Å². The lowest BCUT2D eigenvalue weighted by Crippen LogP contribution is -2.45. The summed E-state index contributed by atoms with van der Waals surface area (Å²) in [6.45, 7) is 6.01. The van der Waals surface area contributed by atoms with Crippen LogP contribution in [0.2, 0.25) is 0 Å². The number of carbonyl (C=O) groups is 2. The van der Waals surface area contributed by atoms with Crippen LogP contribution < -0.4 is 5.32 Å². The minimum atomic E-state index is -0.878. The van der Waals surface area contributed by atoms with E-state index in [1.54, 1.807) is 4.90 Å². The summed E-state index contributed by atoms with van der Waals surface area (Å²) in [4.78, 5) is 29.2. The molecule has 0 atom stereocenters. The van der Waals surface area contributed by atoms with Gasteiger partial charge < -0.3 is 24.4 Å². The van der Waals surface area contributed by atoms with Crippen molar-refractivity contribution in [3.05, 3.63) is 53.9 Å². The average molecular weight is 465 g/mol.